The number of methoxy groups -OCH3 is 1. The van der Waals surface area contributed by atoms with E-state index in [4.69, 9.17) is 10.5 Å². The summed E-state index contributed by atoms with van der Waals surface area (Å²) in [6.07, 6.45) is 1.03. The SMILES string of the molecule is COc1ccc(C(C)CCN)c(C)c1C. The Kier molecular flexibility index (Phi) is 4.15. The number of ether oxygens (including phenoxy) is 1. The number of nitrogens with two attached hydrogens (primary N) is 1. The van der Waals surface area contributed by atoms with Crippen molar-refractivity contribution in [1.29, 1.82) is 0 Å². The van der Waals surface area contributed by atoms with Crippen LogP contribution in [0.4, 0.5) is 0 Å². The van der Waals surface area contributed by atoms with Gasteiger partial charge in [0.15, 0.2) is 0 Å². The Morgan fingerprint density at radius 2 is 1.93 bits per heavy atom. The van der Waals surface area contributed by atoms with Crippen LogP contribution in [0.3, 0.4) is 0 Å². The van der Waals surface area contributed by atoms with E-state index in [1.807, 2.05) is 6.07 Å². The molecule has 0 aliphatic rings. The van der Waals surface area contributed by atoms with E-state index in [0.717, 1.165) is 18.7 Å². The van der Waals surface area contributed by atoms with Crippen LogP contribution in [0, 0.1) is 13.8 Å². The van der Waals surface area contributed by atoms with Gasteiger partial charge in [-0.3, -0.25) is 0 Å². The molecule has 1 rings (SSSR count). The second-order valence-electron chi connectivity index (χ2n) is 4.09. The maximum absolute atomic E-state index is 5.59. The molecule has 1 aromatic carbocycles. The van der Waals surface area contributed by atoms with Crippen LogP contribution in [0.1, 0.15) is 36.0 Å². The first kappa shape index (κ1) is 12.1. The highest BCUT2D eigenvalue weighted by molar-refractivity contribution is 5.44. The quantitative estimate of drug-likeness (QED) is 0.824. The Balaban J connectivity index is 3.06. The van der Waals surface area contributed by atoms with Crippen molar-refractivity contribution < 1.29 is 4.74 Å². The molecule has 2 nitrogen and oxygen atoms in total. The normalized spacial score (nSPS) is 12.6. The molecule has 0 aliphatic carbocycles. The Labute approximate surface area is 92.4 Å². The lowest BCUT2D eigenvalue weighted by molar-refractivity contribution is 0.411. The van der Waals surface area contributed by atoms with Crippen molar-refractivity contribution in [3.63, 3.8) is 0 Å². The molecule has 1 aromatic rings. The first-order chi connectivity index (χ1) is 7.11. The third-order valence-electron chi connectivity index (χ3n) is 3.13. The molecular weight excluding hydrogens is 186 g/mol. The van der Waals surface area contributed by atoms with Crippen molar-refractivity contribution in [1.82, 2.24) is 0 Å². The molecule has 0 saturated heterocycles. The maximum Gasteiger partial charge on any atom is 0.122 e. The summed E-state index contributed by atoms with van der Waals surface area (Å²) < 4.78 is 5.30. The van der Waals surface area contributed by atoms with Gasteiger partial charge in [0, 0.05) is 0 Å². The van der Waals surface area contributed by atoms with Gasteiger partial charge in [-0.2, -0.15) is 0 Å². The lowest BCUT2D eigenvalue weighted by Crippen LogP contribution is -2.06. The van der Waals surface area contributed by atoms with E-state index in [0.29, 0.717) is 5.92 Å². The van der Waals surface area contributed by atoms with Gasteiger partial charge in [0.25, 0.3) is 0 Å². The summed E-state index contributed by atoms with van der Waals surface area (Å²) in [5.74, 6) is 1.50. The zero-order chi connectivity index (χ0) is 11.4. The molecule has 1 atom stereocenters. The molecule has 0 spiro atoms. The van der Waals surface area contributed by atoms with Gasteiger partial charge in [-0.25, -0.2) is 0 Å². The highest BCUT2D eigenvalue weighted by atomic mass is 16.5. The van der Waals surface area contributed by atoms with Gasteiger partial charge in [0.1, 0.15) is 5.75 Å². The summed E-state index contributed by atoms with van der Waals surface area (Å²) in [6.45, 7) is 7.22. The Bertz CT molecular complexity index is 334. The van der Waals surface area contributed by atoms with Crippen LogP contribution in [0.25, 0.3) is 0 Å². The van der Waals surface area contributed by atoms with Crippen molar-refractivity contribution in [3.05, 3.63) is 28.8 Å². The summed E-state index contributed by atoms with van der Waals surface area (Å²) in [6, 6.07) is 4.20. The van der Waals surface area contributed by atoms with E-state index in [1.54, 1.807) is 7.11 Å². The summed E-state index contributed by atoms with van der Waals surface area (Å²) in [5, 5.41) is 0. The number of benzene rings is 1. The summed E-state index contributed by atoms with van der Waals surface area (Å²) in [7, 11) is 1.71. The van der Waals surface area contributed by atoms with Crippen LogP contribution >= 0.6 is 0 Å². The zero-order valence-corrected chi connectivity index (χ0v) is 10.1. The average molecular weight is 207 g/mol. The van der Waals surface area contributed by atoms with E-state index in [-0.39, 0.29) is 0 Å². The molecule has 0 aliphatic heterocycles. The molecular formula is C13H21NO. The van der Waals surface area contributed by atoms with Crippen LogP contribution in [0.2, 0.25) is 0 Å². The Morgan fingerprint density at radius 3 is 2.47 bits per heavy atom. The minimum absolute atomic E-state index is 0.527. The van der Waals surface area contributed by atoms with E-state index < -0.39 is 0 Å². The fourth-order valence-corrected chi connectivity index (χ4v) is 1.98. The van der Waals surface area contributed by atoms with Crippen molar-refractivity contribution in [2.75, 3.05) is 13.7 Å². The molecule has 0 aromatic heterocycles. The van der Waals surface area contributed by atoms with Crippen molar-refractivity contribution >= 4 is 0 Å². The Hall–Kier alpha value is -1.02. The second kappa shape index (κ2) is 5.17. The standard InChI is InChI=1S/C13H21NO/c1-9(7-8-14)12-5-6-13(15-4)11(3)10(12)2/h5-6,9H,7-8,14H2,1-4H3. The minimum atomic E-state index is 0.527. The van der Waals surface area contributed by atoms with E-state index in [1.165, 1.54) is 16.7 Å². The van der Waals surface area contributed by atoms with E-state index in [2.05, 4.69) is 26.8 Å². The van der Waals surface area contributed by atoms with Crippen LogP contribution in [-0.2, 0) is 0 Å². The van der Waals surface area contributed by atoms with Crippen LogP contribution in [0.15, 0.2) is 12.1 Å². The van der Waals surface area contributed by atoms with Gasteiger partial charge in [0.05, 0.1) is 7.11 Å². The minimum Gasteiger partial charge on any atom is -0.496 e. The summed E-state index contributed by atoms with van der Waals surface area (Å²) in [5.41, 5.74) is 9.54. The van der Waals surface area contributed by atoms with Gasteiger partial charge in [-0.15, -0.1) is 0 Å². The van der Waals surface area contributed by atoms with Crippen LogP contribution in [-0.4, -0.2) is 13.7 Å². The van der Waals surface area contributed by atoms with Crippen LogP contribution < -0.4 is 10.5 Å². The monoisotopic (exact) mass is 207 g/mol. The highest BCUT2D eigenvalue weighted by Crippen LogP contribution is 2.29. The Morgan fingerprint density at radius 1 is 1.27 bits per heavy atom. The molecule has 0 heterocycles. The second-order valence-corrected chi connectivity index (χ2v) is 4.09. The molecule has 1 unspecified atom stereocenters. The molecule has 0 radical (unpaired) electrons. The smallest absolute Gasteiger partial charge is 0.122 e. The topological polar surface area (TPSA) is 35.2 Å². The molecule has 0 bridgehead atoms. The first-order valence-electron chi connectivity index (χ1n) is 5.46. The first-order valence-corrected chi connectivity index (χ1v) is 5.46. The van der Waals surface area contributed by atoms with Gasteiger partial charge in [-0.1, -0.05) is 13.0 Å². The summed E-state index contributed by atoms with van der Waals surface area (Å²) >= 11 is 0. The fourth-order valence-electron chi connectivity index (χ4n) is 1.98. The van der Waals surface area contributed by atoms with Gasteiger partial charge < -0.3 is 10.5 Å². The predicted molar refractivity (Wildman–Crippen MR) is 64.6 cm³/mol. The van der Waals surface area contributed by atoms with E-state index >= 15 is 0 Å². The largest absolute Gasteiger partial charge is 0.496 e. The van der Waals surface area contributed by atoms with E-state index in [9.17, 15) is 0 Å². The predicted octanol–water partition coefficient (Wildman–Crippen LogP) is 2.76. The molecule has 84 valence electrons. The molecule has 0 fully saturated rings. The number of hydrogen-bond acceptors (Lipinski definition) is 2. The highest BCUT2D eigenvalue weighted by Gasteiger charge is 2.11. The third kappa shape index (κ3) is 2.51. The summed E-state index contributed by atoms with van der Waals surface area (Å²) in [4.78, 5) is 0. The number of rotatable bonds is 4. The number of hydrogen-bond donors (Lipinski definition) is 1. The fraction of sp³-hybridized carbons (Fsp3) is 0.538. The van der Waals surface area contributed by atoms with Gasteiger partial charge in [0.2, 0.25) is 0 Å². The lowest BCUT2D eigenvalue weighted by Gasteiger charge is -2.17. The molecule has 2 heteroatoms. The molecule has 2 N–H and O–H groups in total. The van der Waals surface area contributed by atoms with Crippen molar-refractivity contribution in [2.45, 2.75) is 33.1 Å². The van der Waals surface area contributed by atoms with Gasteiger partial charge >= 0.3 is 0 Å². The molecule has 0 amide bonds. The maximum atomic E-state index is 5.59. The third-order valence-corrected chi connectivity index (χ3v) is 3.13. The average Bonchev–Trinajstić information content (AvgIpc) is 2.22. The van der Waals surface area contributed by atoms with Crippen molar-refractivity contribution in [2.24, 2.45) is 5.73 Å². The zero-order valence-electron chi connectivity index (χ0n) is 10.1. The molecule has 15 heavy (non-hydrogen) atoms. The van der Waals surface area contributed by atoms with Crippen molar-refractivity contribution in [3.8, 4) is 5.75 Å². The molecule has 0 saturated carbocycles. The van der Waals surface area contributed by atoms with Gasteiger partial charge in [-0.05, 0) is 55.5 Å². The lowest BCUT2D eigenvalue weighted by atomic mass is 9.91. The van der Waals surface area contributed by atoms with Crippen LogP contribution in [0.5, 0.6) is 5.75 Å².